The van der Waals surface area contributed by atoms with Gasteiger partial charge >= 0.3 is 0 Å². The summed E-state index contributed by atoms with van der Waals surface area (Å²) in [6.07, 6.45) is 0. The summed E-state index contributed by atoms with van der Waals surface area (Å²) < 4.78 is 0. The summed E-state index contributed by atoms with van der Waals surface area (Å²) in [4.78, 5) is 0. The van der Waals surface area contributed by atoms with Crippen LogP contribution in [0.15, 0.2) is 18.2 Å². The maximum absolute atomic E-state index is 5.45. The van der Waals surface area contributed by atoms with Gasteiger partial charge in [0.2, 0.25) is 0 Å². The Morgan fingerprint density at radius 1 is 1.21 bits per heavy atom. The smallest absolute Gasteiger partial charge is 0.0434 e. The third kappa shape index (κ3) is 2.34. The summed E-state index contributed by atoms with van der Waals surface area (Å²) in [6, 6.07) is 6.81. The normalized spacial score (nSPS) is 13.3. The van der Waals surface area contributed by atoms with Gasteiger partial charge in [-0.05, 0) is 36.5 Å². The van der Waals surface area contributed by atoms with Crippen molar-refractivity contribution in [1.82, 2.24) is 5.43 Å². The van der Waals surface area contributed by atoms with E-state index in [-0.39, 0.29) is 6.04 Å². The van der Waals surface area contributed by atoms with E-state index in [1.54, 1.807) is 0 Å². The lowest BCUT2D eigenvalue weighted by molar-refractivity contribution is 0.598. The zero-order valence-electron chi connectivity index (χ0n) is 9.46. The summed E-state index contributed by atoms with van der Waals surface area (Å²) in [5, 5.41) is 0. The van der Waals surface area contributed by atoms with Gasteiger partial charge in [-0.25, -0.2) is 0 Å². The molecule has 0 saturated carbocycles. The van der Waals surface area contributed by atoms with Gasteiger partial charge in [0.15, 0.2) is 0 Å². The van der Waals surface area contributed by atoms with Gasteiger partial charge < -0.3 is 0 Å². The van der Waals surface area contributed by atoms with Crippen LogP contribution in [0.5, 0.6) is 0 Å². The molecule has 2 nitrogen and oxygen atoms in total. The second-order valence-corrected chi connectivity index (χ2v) is 4.16. The monoisotopic (exact) mass is 192 g/mol. The third-order valence-corrected chi connectivity index (χ3v) is 2.69. The first-order valence-electron chi connectivity index (χ1n) is 5.12. The zero-order valence-corrected chi connectivity index (χ0v) is 9.46. The fraction of sp³-hybridized carbons (Fsp3) is 0.500. The molecule has 0 bridgehead atoms. The second-order valence-electron chi connectivity index (χ2n) is 4.16. The number of hydrogen-bond acceptors (Lipinski definition) is 2. The van der Waals surface area contributed by atoms with Crippen molar-refractivity contribution in [3.05, 3.63) is 34.9 Å². The molecular weight excluding hydrogens is 172 g/mol. The Labute approximate surface area is 86.5 Å². The van der Waals surface area contributed by atoms with Crippen molar-refractivity contribution < 1.29 is 0 Å². The van der Waals surface area contributed by atoms with Crippen molar-refractivity contribution in [2.45, 2.75) is 39.7 Å². The number of aryl methyl sites for hydroxylation is 1. The highest BCUT2D eigenvalue weighted by atomic mass is 15.2. The average molecular weight is 192 g/mol. The van der Waals surface area contributed by atoms with Crippen molar-refractivity contribution in [3.8, 4) is 0 Å². The number of hydrogen-bond donors (Lipinski definition) is 2. The van der Waals surface area contributed by atoms with Gasteiger partial charge in [0.05, 0.1) is 0 Å². The maximum atomic E-state index is 5.45. The SMILES string of the molecule is Cc1ccc(C(C)C)cc1C(C)NN. The van der Waals surface area contributed by atoms with Crippen molar-refractivity contribution in [3.63, 3.8) is 0 Å². The van der Waals surface area contributed by atoms with Crippen LogP contribution in [-0.2, 0) is 0 Å². The molecular formula is C12H20N2. The van der Waals surface area contributed by atoms with E-state index in [9.17, 15) is 0 Å². The fourth-order valence-electron chi connectivity index (χ4n) is 1.57. The molecule has 3 N–H and O–H groups in total. The Morgan fingerprint density at radius 2 is 1.86 bits per heavy atom. The van der Waals surface area contributed by atoms with E-state index in [4.69, 9.17) is 5.84 Å². The first-order valence-corrected chi connectivity index (χ1v) is 5.12. The quantitative estimate of drug-likeness (QED) is 0.570. The van der Waals surface area contributed by atoms with Gasteiger partial charge in [0.25, 0.3) is 0 Å². The Bertz CT molecular complexity index is 305. The highest BCUT2D eigenvalue weighted by Crippen LogP contribution is 2.22. The van der Waals surface area contributed by atoms with Gasteiger partial charge in [-0.2, -0.15) is 0 Å². The maximum Gasteiger partial charge on any atom is 0.0434 e. The molecule has 1 unspecified atom stereocenters. The van der Waals surface area contributed by atoms with Crippen LogP contribution in [0.1, 0.15) is 49.4 Å². The van der Waals surface area contributed by atoms with Crippen LogP contribution in [0, 0.1) is 6.92 Å². The minimum Gasteiger partial charge on any atom is -0.271 e. The van der Waals surface area contributed by atoms with E-state index >= 15 is 0 Å². The van der Waals surface area contributed by atoms with Crippen molar-refractivity contribution >= 4 is 0 Å². The Morgan fingerprint density at radius 3 is 2.36 bits per heavy atom. The molecule has 0 aliphatic carbocycles. The molecule has 14 heavy (non-hydrogen) atoms. The van der Waals surface area contributed by atoms with Crippen LogP contribution in [-0.4, -0.2) is 0 Å². The van der Waals surface area contributed by atoms with Crippen LogP contribution >= 0.6 is 0 Å². The molecule has 1 aromatic carbocycles. The topological polar surface area (TPSA) is 38.0 Å². The number of hydrazine groups is 1. The molecule has 0 aliphatic heterocycles. The van der Waals surface area contributed by atoms with Crippen molar-refractivity contribution in [2.24, 2.45) is 5.84 Å². The number of nitrogens with one attached hydrogen (secondary N) is 1. The molecule has 0 heterocycles. The summed E-state index contributed by atoms with van der Waals surface area (Å²) >= 11 is 0. The lowest BCUT2D eigenvalue weighted by Gasteiger charge is -2.16. The molecule has 0 aromatic heterocycles. The molecule has 0 saturated heterocycles. The van der Waals surface area contributed by atoms with E-state index in [1.165, 1.54) is 16.7 Å². The van der Waals surface area contributed by atoms with Gasteiger partial charge in [-0.1, -0.05) is 32.0 Å². The zero-order chi connectivity index (χ0) is 10.7. The van der Waals surface area contributed by atoms with Gasteiger partial charge in [0, 0.05) is 6.04 Å². The molecule has 78 valence electrons. The highest BCUT2D eigenvalue weighted by molar-refractivity contribution is 5.34. The first kappa shape index (κ1) is 11.2. The fourth-order valence-corrected chi connectivity index (χ4v) is 1.57. The van der Waals surface area contributed by atoms with E-state index in [0.29, 0.717) is 5.92 Å². The summed E-state index contributed by atoms with van der Waals surface area (Å²) in [5.74, 6) is 6.02. The molecule has 0 amide bonds. The highest BCUT2D eigenvalue weighted by Gasteiger charge is 2.08. The van der Waals surface area contributed by atoms with Crippen LogP contribution in [0.4, 0.5) is 0 Å². The number of rotatable bonds is 3. The molecule has 1 aromatic rings. The van der Waals surface area contributed by atoms with Gasteiger partial charge in [-0.15, -0.1) is 0 Å². The molecule has 2 heteroatoms. The Kier molecular flexibility index (Phi) is 3.67. The van der Waals surface area contributed by atoms with E-state index in [1.807, 2.05) is 0 Å². The summed E-state index contributed by atoms with van der Waals surface area (Å²) in [6.45, 7) is 8.60. The summed E-state index contributed by atoms with van der Waals surface area (Å²) in [7, 11) is 0. The van der Waals surface area contributed by atoms with Crippen LogP contribution in [0.25, 0.3) is 0 Å². The van der Waals surface area contributed by atoms with Gasteiger partial charge in [0.1, 0.15) is 0 Å². The lowest BCUT2D eigenvalue weighted by Crippen LogP contribution is -2.26. The molecule has 1 rings (SSSR count). The van der Waals surface area contributed by atoms with Crippen LogP contribution < -0.4 is 11.3 Å². The standard InChI is InChI=1S/C12H20N2/c1-8(2)11-6-5-9(3)12(7-11)10(4)14-13/h5-8,10,14H,13H2,1-4H3. The lowest BCUT2D eigenvalue weighted by atomic mass is 9.95. The minimum absolute atomic E-state index is 0.216. The number of benzene rings is 1. The predicted molar refractivity (Wildman–Crippen MR) is 61.0 cm³/mol. The molecule has 0 fully saturated rings. The minimum atomic E-state index is 0.216. The van der Waals surface area contributed by atoms with Crippen LogP contribution in [0.2, 0.25) is 0 Å². The van der Waals surface area contributed by atoms with Crippen molar-refractivity contribution in [2.75, 3.05) is 0 Å². The molecule has 0 radical (unpaired) electrons. The predicted octanol–water partition coefficient (Wildman–Crippen LogP) is 2.64. The van der Waals surface area contributed by atoms with Crippen LogP contribution in [0.3, 0.4) is 0 Å². The third-order valence-electron chi connectivity index (χ3n) is 2.69. The van der Waals surface area contributed by atoms with Gasteiger partial charge in [-0.3, -0.25) is 11.3 Å². The summed E-state index contributed by atoms with van der Waals surface area (Å²) in [5.41, 5.74) is 6.74. The molecule has 0 aliphatic rings. The van der Waals surface area contributed by atoms with E-state index < -0.39 is 0 Å². The number of nitrogens with two attached hydrogens (primary N) is 1. The van der Waals surface area contributed by atoms with Crippen molar-refractivity contribution in [1.29, 1.82) is 0 Å². The average Bonchev–Trinajstić information content (AvgIpc) is 2.17. The molecule has 0 spiro atoms. The first-order chi connectivity index (χ1) is 6.56. The van der Waals surface area contributed by atoms with E-state index in [2.05, 4.69) is 51.3 Å². The van der Waals surface area contributed by atoms with E-state index in [0.717, 1.165) is 0 Å². The molecule has 1 atom stereocenters. The second kappa shape index (κ2) is 4.58. The Hall–Kier alpha value is -0.860. The Balaban J connectivity index is 3.08. The largest absolute Gasteiger partial charge is 0.271 e.